The zero-order valence-corrected chi connectivity index (χ0v) is 6.89. The molecule has 0 radical (unpaired) electrons. The van der Waals surface area contributed by atoms with Crippen LogP contribution < -0.4 is 11.1 Å². The SMILES string of the molecule is CC(N)C(O)NC(C)C(F)(F)F. The van der Waals surface area contributed by atoms with Crippen molar-refractivity contribution < 1.29 is 18.3 Å². The molecule has 0 aliphatic heterocycles. The molecule has 0 aromatic heterocycles. The number of hydrogen-bond acceptors (Lipinski definition) is 3. The van der Waals surface area contributed by atoms with Gasteiger partial charge in [0.2, 0.25) is 0 Å². The Kier molecular flexibility index (Phi) is 3.95. The Morgan fingerprint density at radius 1 is 1.33 bits per heavy atom. The normalized spacial score (nSPS) is 20.2. The van der Waals surface area contributed by atoms with Crippen molar-refractivity contribution in [3.05, 3.63) is 0 Å². The number of rotatable bonds is 3. The minimum Gasteiger partial charge on any atom is -0.377 e. The van der Waals surface area contributed by atoms with Crippen LogP contribution in [0.15, 0.2) is 0 Å². The lowest BCUT2D eigenvalue weighted by Crippen LogP contribution is -2.51. The van der Waals surface area contributed by atoms with Crippen LogP contribution in [0, 0.1) is 0 Å². The largest absolute Gasteiger partial charge is 0.403 e. The molecule has 0 spiro atoms. The summed E-state index contributed by atoms with van der Waals surface area (Å²) in [5, 5.41) is 10.8. The maximum atomic E-state index is 11.9. The molecule has 0 aliphatic carbocycles. The predicted octanol–water partition coefficient (Wildman–Crippen LogP) is 0.192. The molecule has 0 aromatic rings. The topological polar surface area (TPSA) is 58.3 Å². The van der Waals surface area contributed by atoms with Gasteiger partial charge < -0.3 is 10.8 Å². The van der Waals surface area contributed by atoms with Gasteiger partial charge in [-0.05, 0) is 13.8 Å². The Bertz CT molecular complexity index is 137. The average molecular weight is 186 g/mol. The van der Waals surface area contributed by atoms with E-state index in [4.69, 9.17) is 10.8 Å². The highest BCUT2D eigenvalue weighted by Crippen LogP contribution is 2.19. The summed E-state index contributed by atoms with van der Waals surface area (Å²) in [6.45, 7) is 2.34. The molecule has 3 unspecified atom stereocenters. The van der Waals surface area contributed by atoms with Crippen LogP contribution in [0.5, 0.6) is 0 Å². The van der Waals surface area contributed by atoms with Crippen molar-refractivity contribution in [2.24, 2.45) is 5.73 Å². The Hall–Kier alpha value is -0.330. The van der Waals surface area contributed by atoms with Crippen molar-refractivity contribution in [3.63, 3.8) is 0 Å². The van der Waals surface area contributed by atoms with E-state index in [9.17, 15) is 13.2 Å². The van der Waals surface area contributed by atoms with Gasteiger partial charge in [-0.1, -0.05) is 0 Å². The molecular formula is C6H13F3N2O. The fourth-order valence-corrected chi connectivity index (χ4v) is 0.502. The summed E-state index contributed by atoms with van der Waals surface area (Å²) in [6.07, 6.45) is -5.68. The van der Waals surface area contributed by atoms with Crippen molar-refractivity contribution in [3.8, 4) is 0 Å². The lowest BCUT2D eigenvalue weighted by Gasteiger charge is -2.23. The predicted molar refractivity (Wildman–Crippen MR) is 38.3 cm³/mol. The number of aliphatic hydroxyl groups excluding tert-OH is 1. The molecule has 0 saturated carbocycles. The van der Waals surface area contributed by atoms with Crippen LogP contribution in [0.1, 0.15) is 13.8 Å². The fourth-order valence-electron chi connectivity index (χ4n) is 0.502. The average Bonchev–Trinajstić information content (AvgIpc) is 1.85. The third kappa shape index (κ3) is 3.89. The monoisotopic (exact) mass is 186 g/mol. The summed E-state index contributed by atoms with van der Waals surface area (Å²) in [5.41, 5.74) is 5.15. The van der Waals surface area contributed by atoms with Crippen LogP contribution in [0.3, 0.4) is 0 Å². The number of nitrogens with two attached hydrogens (primary N) is 1. The Labute approximate surface area is 68.7 Å². The zero-order chi connectivity index (χ0) is 9.94. The van der Waals surface area contributed by atoms with Gasteiger partial charge in [-0.3, -0.25) is 5.32 Å². The molecule has 0 bridgehead atoms. The molecule has 0 amide bonds. The number of nitrogens with one attached hydrogen (secondary N) is 1. The third-order valence-electron chi connectivity index (χ3n) is 1.41. The molecular weight excluding hydrogens is 173 g/mol. The van der Waals surface area contributed by atoms with Crippen molar-refractivity contribution in [1.29, 1.82) is 0 Å². The number of halogens is 3. The lowest BCUT2D eigenvalue weighted by molar-refractivity contribution is -0.159. The molecule has 0 heterocycles. The van der Waals surface area contributed by atoms with Crippen molar-refractivity contribution in [2.75, 3.05) is 0 Å². The molecule has 4 N–H and O–H groups in total. The zero-order valence-electron chi connectivity index (χ0n) is 6.89. The van der Waals surface area contributed by atoms with Crippen LogP contribution in [-0.4, -0.2) is 29.6 Å². The summed E-state index contributed by atoms with van der Waals surface area (Å²) in [7, 11) is 0. The van der Waals surface area contributed by atoms with Gasteiger partial charge in [0.15, 0.2) is 0 Å². The van der Waals surface area contributed by atoms with Crippen molar-refractivity contribution in [1.82, 2.24) is 5.32 Å². The summed E-state index contributed by atoms with van der Waals surface area (Å²) < 4.78 is 35.6. The number of alkyl halides is 3. The van der Waals surface area contributed by atoms with E-state index < -0.39 is 24.5 Å². The quantitative estimate of drug-likeness (QED) is 0.551. The summed E-state index contributed by atoms with van der Waals surface area (Å²) in [6, 6.07) is -2.48. The first-order chi connectivity index (χ1) is 5.25. The molecule has 0 aliphatic rings. The number of hydrogen-bond donors (Lipinski definition) is 3. The maximum absolute atomic E-state index is 11.9. The van der Waals surface area contributed by atoms with Gasteiger partial charge in [0.1, 0.15) is 12.3 Å². The molecule has 3 nitrogen and oxygen atoms in total. The summed E-state index contributed by atoms with van der Waals surface area (Å²) >= 11 is 0. The molecule has 0 rings (SSSR count). The van der Waals surface area contributed by atoms with Crippen molar-refractivity contribution in [2.45, 2.75) is 38.3 Å². The highest BCUT2D eigenvalue weighted by molar-refractivity contribution is 4.74. The van der Waals surface area contributed by atoms with Crippen LogP contribution in [0.2, 0.25) is 0 Å². The Balaban J connectivity index is 3.93. The number of aliphatic hydroxyl groups is 1. The molecule has 3 atom stereocenters. The molecule has 6 heteroatoms. The molecule has 0 aromatic carbocycles. The maximum Gasteiger partial charge on any atom is 0.403 e. The standard InChI is InChI=1S/C6H13F3N2O/c1-3(10)5(12)11-4(2)6(7,8)9/h3-5,11-12H,10H2,1-2H3. The van der Waals surface area contributed by atoms with Gasteiger partial charge in [0, 0.05) is 6.04 Å². The summed E-state index contributed by atoms with van der Waals surface area (Å²) in [5.74, 6) is 0. The Morgan fingerprint density at radius 3 is 2.00 bits per heavy atom. The van der Waals surface area contributed by atoms with E-state index in [-0.39, 0.29) is 0 Å². The van der Waals surface area contributed by atoms with E-state index >= 15 is 0 Å². The highest BCUT2D eigenvalue weighted by atomic mass is 19.4. The van der Waals surface area contributed by atoms with Crippen LogP contribution in [-0.2, 0) is 0 Å². The second-order valence-corrected chi connectivity index (χ2v) is 2.73. The minimum absolute atomic E-state index is 0.727. The first-order valence-electron chi connectivity index (χ1n) is 3.51. The van der Waals surface area contributed by atoms with Gasteiger partial charge in [-0.2, -0.15) is 13.2 Å². The molecule has 74 valence electrons. The van der Waals surface area contributed by atoms with Crippen LogP contribution in [0.25, 0.3) is 0 Å². The van der Waals surface area contributed by atoms with E-state index in [0.29, 0.717) is 0 Å². The van der Waals surface area contributed by atoms with Crippen LogP contribution >= 0.6 is 0 Å². The molecule has 0 saturated heterocycles. The van der Waals surface area contributed by atoms with E-state index in [1.54, 1.807) is 0 Å². The van der Waals surface area contributed by atoms with E-state index in [0.717, 1.165) is 6.92 Å². The summed E-state index contributed by atoms with van der Waals surface area (Å²) in [4.78, 5) is 0. The fraction of sp³-hybridized carbons (Fsp3) is 1.00. The van der Waals surface area contributed by atoms with Gasteiger partial charge in [-0.25, -0.2) is 0 Å². The van der Waals surface area contributed by atoms with E-state index in [1.807, 2.05) is 5.32 Å². The minimum atomic E-state index is -4.35. The van der Waals surface area contributed by atoms with Gasteiger partial charge in [0.25, 0.3) is 0 Å². The highest BCUT2D eigenvalue weighted by Gasteiger charge is 2.37. The smallest absolute Gasteiger partial charge is 0.377 e. The Morgan fingerprint density at radius 2 is 1.75 bits per heavy atom. The van der Waals surface area contributed by atoms with Gasteiger partial charge >= 0.3 is 6.18 Å². The van der Waals surface area contributed by atoms with E-state index in [2.05, 4.69) is 0 Å². The van der Waals surface area contributed by atoms with Crippen molar-refractivity contribution >= 4 is 0 Å². The van der Waals surface area contributed by atoms with Gasteiger partial charge in [0.05, 0.1) is 0 Å². The first-order valence-corrected chi connectivity index (χ1v) is 3.51. The molecule has 12 heavy (non-hydrogen) atoms. The first kappa shape index (κ1) is 11.7. The second-order valence-electron chi connectivity index (χ2n) is 2.73. The lowest BCUT2D eigenvalue weighted by atomic mass is 10.2. The van der Waals surface area contributed by atoms with Gasteiger partial charge in [-0.15, -0.1) is 0 Å². The second kappa shape index (κ2) is 4.06. The van der Waals surface area contributed by atoms with E-state index in [1.165, 1.54) is 6.92 Å². The third-order valence-corrected chi connectivity index (χ3v) is 1.41. The van der Waals surface area contributed by atoms with Crippen LogP contribution in [0.4, 0.5) is 13.2 Å². The molecule has 0 fully saturated rings.